The second-order valence-corrected chi connectivity index (χ2v) is 5.70. The van der Waals surface area contributed by atoms with E-state index in [1.54, 1.807) is 0 Å². The van der Waals surface area contributed by atoms with Crippen LogP contribution in [0.2, 0.25) is 0 Å². The van der Waals surface area contributed by atoms with Gasteiger partial charge in [0.1, 0.15) is 0 Å². The molecule has 18 heavy (non-hydrogen) atoms. The Hall–Kier alpha value is -0.900. The Morgan fingerprint density at radius 1 is 1.22 bits per heavy atom. The van der Waals surface area contributed by atoms with Crippen molar-refractivity contribution in [1.29, 1.82) is 0 Å². The van der Waals surface area contributed by atoms with Crippen molar-refractivity contribution in [2.75, 3.05) is 33.7 Å². The minimum atomic E-state index is 0.0950. The second kappa shape index (κ2) is 5.39. The van der Waals surface area contributed by atoms with Gasteiger partial charge in [-0.25, -0.2) is 0 Å². The standard InChI is InChI=1S/C15H25N3/c1-11-5-6-12(2)13(9-11)15(16)14-10-17(3)7-8-18(14)4/h5-6,9,14-15H,7-8,10,16H2,1-4H3. The quantitative estimate of drug-likeness (QED) is 0.860. The first-order valence-electron chi connectivity index (χ1n) is 6.70. The van der Waals surface area contributed by atoms with Gasteiger partial charge in [-0.1, -0.05) is 23.8 Å². The number of hydrogen-bond donors (Lipinski definition) is 1. The third-order valence-corrected chi connectivity index (χ3v) is 4.11. The zero-order valence-electron chi connectivity index (χ0n) is 12.0. The van der Waals surface area contributed by atoms with Crippen LogP contribution < -0.4 is 5.73 Å². The number of rotatable bonds is 2. The highest BCUT2D eigenvalue weighted by Crippen LogP contribution is 2.24. The minimum Gasteiger partial charge on any atom is -0.323 e. The van der Waals surface area contributed by atoms with Crippen molar-refractivity contribution in [3.63, 3.8) is 0 Å². The highest BCUT2D eigenvalue weighted by molar-refractivity contribution is 5.33. The molecule has 1 aromatic carbocycles. The van der Waals surface area contributed by atoms with E-state index >= 15 is 0 Å². The van der Waals surface area contributed by atoms with E-state index in [0.29, 0.717) is 6.04 Å². The first-order valence-corrected chi connectivity index (χ1v) is 6.70. The van der Waals surface area contributed by atoms with Gasteiger partial charge in [-0.3, -0.25) is 4.90 Å². The fraction of sp³-hybridized carbons (Fsp3) is 0.600. The molecule has 3 nitrogen and oxygen atoms in total. The minimum absolute atomic E-state index is 0.0950. The van der Waals surface area contributed by atoms with Crippen LogP contribution in [0.15, 0.2) is 18.2 Å². The summed E-state index contributed by atoms with van der Waals surface area (Å²) in [7, 11) is 4.36. The van der Waals surface area contributed by atoms with Gasteiger partial charge in [-0.05, 0) is 39.1 Å². The summed E-state index contributed by atoms with van der Waals surface area (Å²) in [4.78, 5) is 4.77. The molecule has 1 aliphatic rings. The first-order chi connectivity index (χ1) is 8.49. The summed E-state index contributed by atoms with van der Waals surface area (Å²) in [5.74, 6) is 0. The number of benzene rings is 1. The van der Waals surface area contributed by atoms with Crippen LogP contribution in [-0.2, 0) is 0 Å². The Balaban J connectivity index is 2.23. The van der Waals surface area contributed by atoms with Crippen molar-refractivity contribution in [3.8, 4) is 0 Å². The molecule has 3 heteroatoms. The molecule has 1 aromatic rings. The predicted molar refractivity (Wildman–Crippen MR) is 76.8 cm³/mol. The van der Waals surface area contributed by atoms with Crippen molar-refractivity contribution in [2.24, 2.45) is 5.73 Å². The SMILES string of the molecule is Cc1ccc(C)c(C(N)C2CN(C)CCN2C)c1. The lowest BCUT2D eigenvalue weighted by Gasteiger charge is -2.41. The maximum Gasteiger partial charge on any atom is 0.0468 e. The fourth-order valence-electron chi connectivity index (χ4n) is 2.76. The van der Waals surface area contributed by atoms with Gasteiger partial charge >= 0.3 is 0 Å². The molecule has 0 saturated carbocycles. The highest BCUT2D eigenvalue weighted by atomic mass is 15.3. The zero-order chi connectivity index (χ0) is 13.3. The molecule has 2 rings (SSSR count). The maximum absolute atomic E-state index is 6.52. The number of nitrogens with zero attached hydrogens (tertiary/aromatic N) is 2. The van der Waals surface area contributed by atoms with Gasteiger partial charge < -0.3 is 10.6 Å². The van der Waals surface area contributed by atoms with Crippen LogP contribution in [0.3, 0.4) is 0 Å². The van der Waals surface area contributed by atoms with Gasteiger partial charge in [0.05, 0.1) is 0 Å². The Kier molecular flexibility index (Phi) is 4.05. The molecule has 0 aromatic heterocycles. The molecular formula is C15H25N3. The molecule has 1 aliphatic heterocycles. The smallest absolute Gasteiger partial charge is 0.0468 e. The van der Waals surface area contributed by atoms with Crippen LogP contribution in [-0.4, -0.2) is 49.6 Å². The second-order valence-electron chi connectivity index (χ2n) is 5.70. The van der Waals surface area contributed by atoms with Crippen LogP contribution in [0.4, 0.5) is 0 Å². The number of nitrogens with two attached hydrogens (primary N) is 1. The van der Waals surface area contributed by atoms with E-state index in [9.17, 15) is 0 Å². The normalized spacial score (nSPS) is 24.2. The van der Waals surface area contributed by atoms with Gasteiger partial charge in [-0.2, -0.15) is 0 Å². The van der Waals surface area contributed by atoms with Crippen LogP contribution in [0.5, 0.6) is 0 Å². The third-order valence-electron chi connectivity index (χ3n) is 4.11. The van der Waals surface area contributed by atoms with Gasteiger partial charge in [0.15, 0.2) is 0 Å². The van der Waals surface area contributed by atoms with E-state index in [4.69, 9.17) is 5.73 Å². The van der Waals surface area contributed by atoms with E-state index in [1.165, 1.54) is 16.7 Å². The molecule has 1 heterocycles. The molecule has 0 aliphatic carbocycles. The van der Waals surface area contributed by atoms with Gasteiger partial charge in [0.25, 0.3) is 0 Å². The Bertz CT molecular complexity index is 416. The number of piperazine rings is 1. The summed E-state index contributed by atoms with van der Waals surface area (Å²) < 4.78 is 0. The summed E-state index contributed by atoms with van der Waals surface area (Å²) in [6, 6.07) is 7.07. The van der Waals surface area contributed by atoms with Gasteiger partial charge in [0, 0.05) is 31.7 Å². The third kappa shape index (κ3) is 2.74. The molecule has 0 amide bonds. The van der Waals surface area contributed by atoms with Crippen LogP contribution in [0.25, 0.3) is 0 Å². The molecule has 2 N–H and O–H groups in total. The Morgan fingerprint density at radius 3 is 2.67 bits per heavy atom. The number of aryl methyl sites for hydroxylation is 2. The van der Waals surface area contributed by atoms with E-state index in [-0.39, 0.29) is 6.04 Å². The Labute approximate surface area is 111 Å². The van der Waals surface area contributed by atoms with Gasteiger partial charge in [0.2, 0.25) is 0 Å². The predicted octanol–water partition coefficient (Wildman–Crippen LogP) is 1.55. The van der Waals surface area contributed by atoms with Crippen molar-refractivity contribution < 1.29 is 0 Å². The zero-order valence-corrected chi connectivity index (χ0v) is 12.0. The lowest BCUT2D eigenvalue weighted by Crippen LogP contribution is -2.54. The number of hydrogen-bond acceptors (Lipinski definition) is 3. The summed E-state index contributed by atoms with van der Waals surface area (Å²) >= 11 is 0. The highest BCUT2D eigenvalue weighted by Gasteiger charge is 2.29. The average molecular weight is 247 g/mol. The molecular weight excluding hydrogens is 222 g/mol. The van der Waals surface area contributed by atoms with Crippen molar-refractivity contribution >= 4 is 0 Å². The van der Waals surface area contributed by atoms with Gasteiger partial charge in [-0.15, -0.1) is 0 Å². The van der Waals surface area contributed by atoms with Crippen molar-refractivity contribution in [2.45, 2.75) is 25.9 Å². The molecule has 2 atom stereocenters. The lowest BCUT2D eigenvalue weighted by molar-refractivity contribution is 0.0972. The van der Waals surface area contributed by atoms with E-state index in [0.717, 1.165) is 19.6 Å². The largest absolute Gasteiger partial charge is 0.323 e. The van der Waals surface area contributed by atoms with E-state index in [2.05, 4.69) is 55.9 Å². The first kappa shape index (κ1) is 13.5. The van der Waals surface area contributed by atoms with Crippen LogP contribution >= 0.6 is 0 Å². The topological polar surface area (TPSA) is 32.5 Å². The average Bonchev–Trinajstić information content (AvgIpc) is 2.34. The summed E-state index contributed by atoms with van der Waals surface area (Å²) in [6.07, 6.45) is 0. The molecule has 2 unspecified atom stereocenters. The fourth-order valence-corrected chi connectivity index (χ4v) is 2.76. The Morgan fingerprint density at radius 2 is 1.94 bits per heavy atom. The van der Waals surface area contributed by atoms with Crippen LogP contribution in [0.1, 0.15) is 22.7 Å². The molecule has 1 saturated heterocycles. The number of likely N-dealkylation sites (N-methyl/N-ethyl adjacent to an activating group) is 2. The van der Waals surface area contributed by atoms with Crippen molar-refractivity contribution in [1.82, 2.24) is 9.80 Å². The van der Waals surface area contributed by atoms with E-state index < -0.39 is 0 Å². The monoisotopic (exact) mass is 247 g/mol. The maximum atomic E-state index is 6.52. The molecule has 0 radical (unpaired) electrons. The van der Waals surface area contributed by atoms with Crippen LogP contribution in [0, 0.1) is 13.8 Å². The molecule has 1 fully saturated rings. The van der Waals surface area contributed by atoms with E-state index in [1.807, 2.05) is 0 Å². The summed E-state index contributed by atoms with van der Waals surface area (Å²) in [5.41, 5.74) is 10.4. The van der Waals surface area contributed by atoms with Crippen molar-refractivity contribution in [3.05, 3.63) is 34.9 Å². The molecule has 100 valence electrons. The molecule has 0 bridgehead atoms. The summed E-state index contributed by atoms with van der Waals surface area (Å²) in [6.45, 7) is 7.56. The molecule has 0 spiro atoms. The summed E-state index contributed by atoms with van der Waals surface area (Å²) in [5, 5.41) is 0. The lowest BCUT2D eigenvalue weighted by atomic mass is 9.92.